The van der Waals surface area contributed by atoms with E-state index in [1.54, 1.807) is 0 Å². The number of aromatic nitrogens is 2. The van der Waals surface area contributed by atoms with Gasteiger partial charge in [-0.2, -0.15) is 5.10 Å². The molecule has 1 saturated carbocycles. The van der Waals surface area contributed by atoms with Crippen molar-refractivity contribution >= 4 is 11.9 Å². The number of hydrogen-bond donors (Lipinski definition) is 2. The zero-order valence-corrected chi connectivity index (χ0v) is 13.3. The number of alkyl carbamates (subject to hydrolysis) is 1. The average molecular weight is 294 g/mol. The maximum atomic E-state index is 11.6. The molecule has 2 rings (SSSR count). The molecule has 3 N–H and O–H groups in total. The standard InChI is InChI=1S/C15H26N4O2/c1-9(2)17-15(20)21-12-6-5-11(7-12)13-8-14(16)19(18-13)10(3)4/h8-12H,5-7,16H2,1-4H3,(H,17,20)/t11-,12+/m0/s1. The van der Waals surface area contributed by atoms with E-state index in [4.69, 9.17) is 10.5 Å². The minimum atomic E-state index is -0.331. The second-order valence-corrected chi connectivity index (χ2v) is 6.37. The van der Waals surface area contributed by atoms with Gasteiger partial charge < -0.3 is 15.8 Å². The molecule has 1 amide bonds. The summed E-state index contributed by atoms with van der Waals surface area (Å²) in [6, 6.07) is 2.29. The molecular formula is C15H26N4O2. The number of nitrogens with one attached hydrogen (secondary N) is 1. The minimum absolute atomic E-state index is 0.0285. The lowest BCUT2D eigenvalue weighted by Gasteiger charge is -2.14. The van der Waals surface area contributed by atoms with Gasteiger partial charge in [-0.1, -0.05) is 0 Å². The third-order valence-electron chi connectivity index (χ3n) is 3.76. The van der Waals surface area contributed by atoms with Gasteiger partial charge in [0.25, 0.3) is 0 Å². The van der Waals surface area contributed by atoms with Crippen LogP contribution in [-0.2, 0) is 4.74 Å². The Morgan fingerprint density at radius 1 is 1.43 bits per heavy atom. The largest absolute Gasteiger partial charge is 0.446 e. The summed E-state index contributed by atoms with van der Waals surface area (Å²) >= 11 is 0. The number of carbonyl (C=O) groups is 1. The zero-order valence-electron chi connectivity index (χ0n) is 13.3. The predicted octanol–water partition coefficient (Wildman–Crippen LogP) is 2.82. The number of anilines is 1. The Bertz CT molecular complexity index is 496. The van der Waals surface area contributed by atoms with Crippen molar-refractivity contribution < 1.29 is 9.53 Å². The summed E-state index contributed by atoms with van der Waals surface area (Å²) in [5.74, 6) is 1.02. The van der Waals surface area contributed by atoms with Crippen molar-refractivity contribution in [3.63, 3.8) is 0 Å². The molecule has 0 aromatic carbocycles. The summed E-state index contributed by atoms with van der Waals surface area (Å²) in [7, 11) is 0. The molecule has 0 radical (unpaired) electrons. The third-order valence-corrected chi connectivity index (χ3v) is 3.76. The lowest BCUT2D eigenvalue weighted by molar-refractivity contribution is 0.0981. The van der Waals surface area contributed by atoms with Crippen LogP contribution in [0.25, 0.3) is 0 Å². The second-order valence-electron chi connectivity index (χ2n) is 6.37. The fourth-order valence-electron chi connectivity index (χ4n) is 2.78. The van der Waals surface area contributed by atoms with Gasteiger partial charge in [0.05, 0.1) is 5.69 Å². The molecule has 1 fully saturated rings. The van der Waals surface area contributed by atoms with Gasteiger partial charge in [-0.15, -0.1) is 0 Å². The summed E-state index contributed by atoms with van der Waals surface area (Å²) in [6.07, 6.45) is 2.32. The summed E-state index contributed by atoms with van der Waals surface area (Å²) in [4.78, 5) is 11.6. The molecule has 6 heteroatoms. The molecule has 0 unspecified atom stereocenters. The monoisotopic (exact) mass is 294 g/mol. The van der Waals surface area contributed by atoms with E-state index in [0.717, 1.165) is 25.0 Å². The molecule has 1 aliphatic carbocycles. The Balaban J connectivity index is 1.93. The van der Waals surface area contributed by atoms with Gasteiger partial charge in [-0.3, -0.25) is 0 Å². The first kappa shape index (κ1) is 15.7. The van der Waals surface area contributed by atoms with Crippen LogP contribution in [-0.4, -0.2) is 28.0 Å². The van der Waals surface area contributed by atoms with Crippen molar-refractivity contribution in [1.82, 2.24) is 15.1 Å². The van der Waals surface area contributed by atoms with E-state index in [-0.39, 0.29) is 24.3 Å². The Kier molecular flexibility index (Phi) is 4.75. The molecule has 1 aromatic heterocycles. The molecule has 2 atom stereocenters. The zero-order chi connectivity index (χ0) is 15.6. The van der Waals surface area contributed by atoms with Crippen molar-refractivity contribution in [2.75, 3.05) is 5.73 Å². The summed E-state index contributed by atoms with van der Waals surface area (Å²) in [6.45, 7) is 7.95. The minimum Gasteiger partial charge on any atom is -0.446 e. The van der Waals surface area contributed by atoms with E-state index >= 15 is 0 Å². The highest BCUT2D eigenvalue weighted by Crippen LogP contribution is 2.36. The predicted molar refractivity (Wildman–Crippen MR) is 82.2 cm³/mol. The van der Waals surface area contributed by atoms with Crippen LogP contribution in [0, 0.1) is 0 Å². The van der Waals surface area contributed by atoms with Crippen molar-refractivity contribution in [3.05, 3.63) is 11.8 Å². The normalized spacial score (nSPS) is 22.0. The van der Waals surface area contributed by atoms with Crippen molar-refractivity contribution in [1.29, 1.82) is 0 Å². The van der Waals surface area contributed by atoms with Gasteiger partial charge in [0.1, 0.15) is 11.9 Å². The number of nitrogens with zero attached hydrogens (tertiary/aromatic N) is 2. The Hall–Kier alpha value is -1.72. The third kappa shape index (κ3) is 3.89. The van der Waals surface area contributed by atoms with E-state index < -0.39 is 0 Å². The van der Waals surface area contributed by atoms with E-state index in [1.165, 1.54) is 0 Å². The molecular weight excluding hydrogens is 268 g/mol. The smallest absolute Gasteiger partial charge is 0.407 e. The van der Waals surface area contributed by atoms with Crippen LogP contribution in [0.4, 0.5) is 10.6 Å². The molecule has 118 valence electrons. The van der Waals surface area contributed by atoms with E-state index in [0.29, 0.717) is 11.7 Å². The highest BCUT2D eigenvalue weighted by Gasteiger charge is 2.30. The maximum absolute atomic E-state index is 11.6. The average Bonchev–Trinajstić information content (AvgIpc) is 2.94. The second kappa shape index (κ2) is 6.37. The van der Waals surface area contributed by atoms with Gasteiger partial charge in [0.2, 0.25) is 0 Å². The van der Waals surface area contributed by atoms with Crippen LogP contribution in [0.2, 0.25) is 0 Å². The summed E-state index contributed by atoms with van der Waals surface area (Å²) in [5.41, 5.74) is 7.00. The molecule has 1 heterocycles. The number of amides is 1. The van der Waals surface area contributed by atoms with Crippen LogP contribution in [0.15, 0.2) is 6.07 Å². The topological polar surface area (TPSA) is 82.2 Å². The molecule has 0 spiro atoms. The van der Waals surface area contributed by atoms with Crippen LogP contribution in [0.3, 0.4) is 0 Å². The Morgan fingerprint density at radius 2 is 2.14 bits per heavy atom. The summed E-state index contributed by atoms with van der Waals surface area (Å²) < 4.78 is 7.28. The van der Waals surface area contributed by atoms with Crippen molar-refractivity contribution in [3.8, 4) is 0 Å². The van der Waals surface area contributed by atoms with Crippen LogP contribution >= 0.6 is 0 Å². The van der Waals surface area contributed by atoms with Gasteiger partial charge in [0.15, 0.2) is 0 Å². The first-order chi connectivity index (χ1) is 9.86. The number of nitrogen functional groups attached to an aromatic ring is 1. The van der Waals surface area contributed by atoms with E-state index in [9.17, 15) is 4.79 Å². The summed E-state index contributed by atoms with van der Waals surface area (Å²) in [5, 5.41) is 7.34. The van der Waals surface area contributed by atoms with Crippen molar-refractivity contribution in [2.45, 2.75) is 71.1 Å². The van der Waals surface area contributed by atoms with Crippen LogP contribution < -0.4 is 11.1 Å². The van der Waals surface area contributed by atoms with E-state index in [2.05, 4.69) is 24.3 Å². The molecule has 1 aromatic rings. The van der Waals surface area contributed by atoms with Gasteiger partial charge in [-0.05, 0) is 47.0 Å². The lowest BCUT2D eigenvalue weighted by Crippen LogP contribution is -2.33. The van der Waals surface area contributed by atoms with Gasteiger partial charge in [0, 0.05) is 24.1 Å². The Morgan fingerprint density at radius 3 is 2.71 bits per heavy atom. The molecule has 6 nitrogen and oxygen atoms in total. The molecule has 0 aliphatic heterocycles. The van der Waals surface area contributed by atoms with Gasteiger partial charge in [-0.25, -0.2) is 9.48 Å². The van der Waals surface area contributed by atoms with Crippen molar-refractivity contribution in [2.24, 2.45) is 0 Å². The SMILES string of the molecule is CC(C)NC(=O)O[C@@H]1CC[C@H](c2cc(N)n(C(C)C)n2)C1. The first-order valence-electron chi connectivity index (χ1n) is 7.69. The maximum Gasteiger partial charge on any atom is 0.407 e. The number of nitrogens with two attached hydrogens (primary N) is 1. The number of ether oxygens (including phenoxy) is 1. The highest BCUT2D eigenvalue weighted by molar-refractivity contribution is 5.67. The number of carbonyl (C=O) groups excluding carboxylic acids is 1. The van der Waals surface area contributed by atoms with Crippen LogP contribution in [0.5, 0.6) is 0 Å². The molecule has 21 heavy (non-hydrogen) atoms. The highest BCUT2D eigenvalue weighted by atomic mass is 16.6. The lowest BCUT2D eigenvalue weighted by atomic mass is 10.0. The number of hydrogen-bond acceptors (Lipinski definition) is 4. The quantitative estimate of drug-likeness (QED) is 0.894. The first-order valence-corrected chi connectivity index (χ1v) is 7.69. The fraction of sp³-hybridized carbons (Fsp3) is 0.733. The Labute approximate surface area is 126 Å². The van der Waals surface area contributed by atoms with E-state index in [1.807, 2.05) is 24.6 Å². The number of rotatable bonds is 4. The molecule has 0 bridgehead atoms. The van der Waals surface area contributed by atoms with Gasteiger partial charge >= 0.3 is 6.09 Å². The molecule has 1 aliphatic rings. The molecule has 0 saturated heterocycles. The fourth-order valence-corrected chi connectivity index (χ4v) is 2.78. The van der Waals surface area contributed by atoms with Crippen LogP contribution in [0.1, 0.15) is 64.6 Å².